The Morgan fingerprint density at radius 2 is 1.84 bits per heavy atom. The maximum Gasteiger partial charge on any atom is 0.319 e. The molecule has 25 heavy (non-hydrogen) atoms. The summed E-state index contributed by atoms with van der Waals surface area (Å²) in [6, 6.07) is 4.31. The van der Waals surface area contributed by atoms with Gasteiger partial charge in [0.25, 0.3) is 5.91 Å². The maximum absolute atomic E-state index is 11.7. The van der Waals surface area contributed by atoms with Gasteiger partial charge in [-0.25, -0.2) is 8.42 Å². The van der Waals surface area contributed by atoms with Crippen molar-refractivity contribution in [3.8, 4) is 0 Å². The lowest BCUT2D eigenvalue weighted by atomic mass is 10.0. The van der Waals surface area contributed by atoms with Crippen molar-refractivity contribution < 1.29 is 27.9 Å². The summed E-state index contributed by atoms with van der Waals surface area (Å²) in [7, 11) is -3.39. The fourth-order valence-corrected chi connectivity index (χ4v) is 2.60. The first-order valence-electron chi connectivity index (χ1n) is 6.98. The number of rotatable bonds is 8. The number of carbonyl (C=O) groups excluding carboxylic acids is 2. The quantitative estimate of drug-likeness (QED) is 0.400. The molecule has 1 aromatic rings. The van der Waals surface area contributed by atoms with Gasteiger partial charge in [0.15, 0.2) is 14.7 Å². The minimum atomic E-state index is -3.39. The Bertz CT molecular complexity index is 709. The maximum atomic E-state index is 11.7. The number of sulfone groups is 1. The molecular weight excluding hydrogens is 395 g/mol. The number of nitrogens with one attached hydrogen (secondary N) is 1. The molecule has 2 atom stereocenters. The molecule has 0 saturated heterocycles. The van der Waals surface area contributed by atoms with Crippen LogP contribution in [0, 0.1) is 0 Å². The molecule has 140 valence electrons. The van der Waals surface area contributed by atoms with Crippen molar-refractivity contribution >= 4 is 44.9 Å². The van der Waals surface area contributed by atoms with E-state index in [1.54, 1.807) is 0 Å². The van der Waals surface area contributed by atoms with Gasteiger partial charge in [0.2, 0.25) is 0 Å². The van der Waals surface area contributed by atoms with E-state index in [-0.39, 0.29) is 18.0 Å². The molecule has 1 aromatic carbocycles. The molecule has 8 nitrogen and oxygen atoms in total. The Hall–Kier alpha value is -1.39. The van der Waals surface area contributed by atoms with Crippen molar-refractivity contribution in [2.24, 2.45) is 5.73 Å². The highest BCUT2D eigenvalue weighted by Gasteiger charge is 2.26. The van der Waals surface area contributed by atoms with Gasteiger partial charge in [0.1, 0.15) is 12.7 Å². The van der Waals surface area contributed by atoms with Crippen LogP contribution in [0.5, 0.6) is 0 Å². The number of alkyl halides is 2. The number of amides is 1. The summed E-state index contributed by atoms with van der Waals surface area (Å²) in [6.07, 6.45) is -0.260. The first kappa shape index (κ1) is 21.7. The number of carbonyl (C=O) groups is 2. The lowest BCUT2D eigenvalue weighted by Gasteiger charge is -2.24. The molecule has 0 spiro atoms. The van der Waals surface area contributed by atoms with Gasteiger partial charge < -0.3 is 20.9 Å². The second-order valence-electron chi connectivity index (χ2n) is 5.09. The predicted molar refractivity (Wildman–Crippen MR) is 91.9 cm³/mol. The van der Waals surface area contributed by atoms with E-state index in [4.69, 9.17) is 33.7 Å². The predicted octanol–water partition coefficient (Wildman–Crippen LogP) is -0.0861. The van der Waals surface area contributed by atoms with Crippen LogP contribution in [0.2, 0.25) is 0 Å². The van der Waals surface area contributed by atoms with Crippen molar-refractivity contribution in [3.63, 3.8) is 0 Å². The van der Waals surface area contributed by atoms with Crippen LogP contribution in [-0.2, 0) is 24.2 Å². The molecule has 11 heteroatoms. The van der Waals surface area contributed by atoms with Crippen molar-refractivity contribution in [1.82, 2.24) is 5.32 Å². The third kappa shape index (κ3) is 6.79. The first-order valence-corrected chi connectivity index (χ1v) is 9.75. The highest BCUT2D eigenvalue weighted by atomic mass is 35.5. The van der Waals surface area contributed by atoms with Gasteiger partial charge in [0.05, 0.1) is 17.5 Å². The largest absolute Gasteiger partial charge is 0.462 e. The molecule has 0 radical (unpaired) electrons. The number of hydrogen-bond acceptors (Lipinski definition) is 7. The lowest BCUT2D eigenvalue weighted by molar-refractivity contribution is -0.144. The number of aliphatic hydroxyl groups is 1. The van der Waals surface area contributed by atoms with Gasteiger partial charge in [-0.1, -0.05) is 35.3 Å². The molecule has 0 bridgehead atoms. The lowest BCUT2D eigenvalue weighted by Crippen LogP contribution is -2.45. The van der Waals surface area contributed by atoms with Crippen molar-refractivity contribution in [2.75, 3.05) is 19.4 Å². The topological polar surface area (TPSA) is 136 Å². The van der Waals surface area contributed by atoms with E-state index in [9.17, 15) is 23.1 Å². The van der Waals surface area contributed by atoms with E-state index in [0.29, 0.717) is 5.56 Å². The molecule has 0 aromatic heterocycles. The number of nitrogens with two attached hydrogens (primary N) is 1. The summed E-state index contributed by atoms with van der Waals surface area (Å²) in [6.45, 7) is -0.745. The van der Waals surface area contributed by atoms with Crippen molar-refractivity contribution in [2.45, 2.75) is 21.9 Å². The molecule has 1 rings (SSSR count). The Morgan fingerprint density at radius 1 is 1.28 bits per heavy atom. The van der Waals surface area contributed by atoms with Gasteiger partial charge in [-0.3, -0.25) is 9.59 Å². The Kier molecular flexibility index (Phi) is 8.10. The minimum Gasteiger partial charge on any atom is -0.462 e. The average Bonchev–Trinajstić information content (AvgIpc) is 2.56. The third-order valence-electron chi connectivity index (χ3n) is 3.15. The normalized spacial score (nSPS) is 14.0. The van der Waals surface area contributed by atoms with E-state index < -0.39 is 38.7 Å². The summed E-state index contributed by atoms with van der Waals surface area (Å²) in [5.41, 5.74) is 5.42. The van der Waals surface area contributed by atoms with Crippen LogP contribution >= 0.6 is 23.2 Å². The number of halogens is 2. The molecule has 0 unspecified atom stereocenters. The number of ether oxygens (including phenoxy) is 1. The van der Waals surface area contributed by atoms with Crippen molar-refractivity contribution in [3.05, 3.63) is 29.8 Å². The van der Waals surface area contributed by atoms with Gasteiger partial charge in [-0.2, -0.15) is 0 Å². The zero-order valence-corrected chi connectivity index (χ0v) is 15.5. The van der Waals surface area contributed by atoms with E-state index in [1.807, 2.05) is 0 Å². The van der Waals surface area contributed by atoms with Crippen LogP contribution in [-0.4, -0.2) is 55.7 Å². The summed E-state index contributed by atoms with van der Waals surface area (Å²) in [5, 5.41) is 12.8. The zero-order chi connectivity index (χ0) is 19.2. The monoisotopic (exact) mass is 412 g/mol. The molecule has 4 N–H and O–H groups in total. The molecule has 1 amide bonds. The number of benzene rings is 1. The number of hydrogen-bond donors (Lipinski definition) is 3. The molecule has 0 heterocycles. The number of esters is 1. The van der Waals surface area contributed by atoms with Crippen LogP contribution in [0.25, 0.3) is 0 Å². The van der Waals surface area contributed by atoms with Crippen molar-refractivity contribution in [1.29, 1.82) is 0 Å². The average molecular weight is 413 g/mol. The van der Waals surface area contributed by atoms with Crippen LogP contribution in [0.3, 0.4) is 0 Å². The molecule has 0 fully saturated rings. The SMILES string of the molecule is CS(=O)(=O)c1ccc([C@H](O)[C@H](COC(=O)CN)NC(=O)C(Cl)Cl)cc1. The zero-order valence-electron chi connectivity index (χ0n) is 13.2. The van der Waals surface area contributed by atoms with E-state index in [1.165, 1.54) is 24.3 Å². The van der Waals surface area contributed by atoms with E-state index >= 15 is 0 Å². The summed E-state index contributed by atoms with van der Waals surface area (Å²) in [4.78, 5) is 21.5. The second kappa shape index (κ2) is 9.35. The highest BCUT2D eigenvalue weighted by molar-refractivity contribution is 7.90. The molecule has 0 aliphatic heterocycles. The van der Waals surface area contributed by atoms with Gasteiger partial charge in [-0.15, -0.1) is 0 Å². The van der Waals surface area contributed by atoms with Crippen LogP contribution in [0.15, 0.2) is 29.2 Å². The van der Waals surface area contributed by atoms with Crippen LogP contribution < -0.4 is 11.1 Å². The first-order chi connectivity index (χ1) is 11.6. The highest BCUT2D eigenvalue weighted by Crippen LogP contribution is 2.20. The Morgan fingerprint density at radius 3 is 2.28 bits per heavy atom. The van der Waals surface area contributed by atoms with Crippen LogP contribution in [0.1, 0.15) is 11.7 Å². The number of aliphatic hydroxyl groups excluding tert-OH is 1. The fourth-order valence-electron chi connectivity index (χ4n) is 1.84. The minimum absolute atomic E-state index is 0.0696. The second-order valence-corrected chi connectivity index (χ2v) is 8.20. The van der Waals surface area contributed by atoms with E-state index in [2.05, 4.69) is 5.32 Å². The Labute approximate surface area is 155 Å². The summed E-state index contributed by atoms with van der Waals surface area (Å²) < 4.78 is 27.8. The summed E-state index contributed by atoms with van der Waals surface area (Å²) in [5.74, 6) is -1.52. The van der Waals surface area contributed by atoms with Gasteiger partial charge in [-0.05, 0) is 17.7 Å². The van der Waals surface area contributed by atoms with E-state index in [0.717, 1.165) is 6.26 Å². The standard InChI is InChI=1S/C14H18Cl2N2O6S/c1-25(22,23)9-4-2-8(3-5-9)12(20)10(7-24-11(19)6-17)18-14(21)13(15)16/h2-5,10,12-13,20H,6-7,17H2,1H3,(H,18,21)/t10-,12-/m0/s1. The molecular formula is C14H18Cl2N2O6S. The fraction of sp³-hybridized carbons (Fsp3) is 0.429. The Balaban J connectivity index is 2.98. The van der Waals surface area contributed by atoms with Gasteiger partial charge >= 0.3 is 5.97 Å². The third-order valence-corrected chi connectivity index (χ3v) is 4.67. The smallest absolute Gasteiger partial charge is 0.319 e. The molecule has 0 aliphatic rings. The molecule has 0 aliphatic carbocycles. The van der Waals surface area contributed by atoms with Crippen LogP contribution in [0.4, 0.5) is 0 Å². The molecule has 0 saturated carbocycles. The summed E-state index contributed by atoms with van der Waals surface area (Å²) >= 11 is 10.9. The van der Waals surface area contributed by atoms with Gasteiger partial charge in [0, 0.05) is 6.26 Å².